The van der Waals surface area contributed by atoms with E-state index in [2.05, 4.69) is 14.9 Å². The summed E-state index contributed by atoms with van der Waals surface area (Å²) in [6.45, 7) is 0.212. The Hall–Kier alpha value is -1.63. The molecule has 0 bridgehead atoms. The lowest BCUT2D eigenvalue weighted by Crippen LogP contribution is -2.43. The fourth-order valence-electron chi connectivity index (χ4n) is 2.43. The van der Waals surface area contributed by atoms with Crippen LogP contribution in [0.5, 0.6) is 0 Å². The summed E-state index contributed by atoms with van der Waals surface area (Å²) in [5.74, 6) is -0.312. The molecule has 18 heavy (non-hydrogen) atoms. The normalized spacial score (nSPS) is 16.7. The molecule has 0 radical (unpaired) electrons. The van der Waals surface area contributed by atoms with E-state index in [1.165, 1.54) is 6.42 Å². The molecule has 1 aliphatic rings. The van der Waals surface area contributed by atoms with Gasteiger partial charge < -0.3 is 15.7 Å². The lowest BCUT2D eigenvalue weighted by molar-refractivity contribution is 0.0575. The van der Waals surface area contributed by atoms with Crippen LogP contribution >= 0.6 is 0 Å². The van der Waals surface area contributed by atoms with Crippen LogP contribution in [0.1, 0.15) is 42.6 Å². The Bertz CT molecular complexity index is 401. The molecule has 1 aromatic heterocycles. The molecule has 0 aliphatic heterocycles. The van der Waals surface area contributed by atoms with E-state index in [4.69, 9.17) is 10.8 Å². The molecule has 1 aromatic rings. The summed E-state index contributed by atoms with van der Waals surface area (Å²) in [4.78, 5) is 13.9. The first-order valence-corrected chi connectivity index (χ1v) is 6.24. The fraction of sp³-hybridized carbons (Fsp3) is 0.727. The van der Waals surface area contributed by atoms with Crippen molar-refractivity contribution in [2.24, 2.45) is 0 Å². The summed E-state index contributed by atoms with van der Waals surface area (Å²) in [5.41, 5.74) is 5.56. The maximum absolute atomic E-state index is 12.3. The number of aromatic nitrogens is 2. The molecule has 0 spiro atoms. The first kappa shape index (κ1) is 12.8. The Labute approximate surface area is 105 Å². The van der Waals surface area contributed by atoms with E-state index in [1.807, 2.05) is 0 Å². The molecular weight excluding hydrogens is 236 g/mol. The van der Waals surface area contributed by atoms with Crippen LogP contribution in [0.15, 0.2) is 4.63 Å². The van der Waals surface area contributed by atoms with Gasteiger partial charge >= 0.3 is 0 Å². The van der Waals surface area contributed by atoms with E-state index in [9.17, 15) is 4.79 Å². The van der Waals surface area contributed by atoms with Crippen molar-refractivity contribution in [1.82, 2.24) is 15.2 Å². The maximum Gasteiger partial charge on any atom is 0.280 e. The monoisotopic (exact) mass is 254 g/mol. The summed E-state index contributed by atoms with van der Waals surface area (Å²) < 4.78 is 4.45. The maximum atomic E-state index is 12.3. The molecule has 7 nitrogen and oxygen atoms in total. The van der Waals surface area contributed by atoms with Crippen LogP contribution < -0.4 is 5.73 Å². The number of carbonyl (C=O) groups excluding carboxylic acids is 1. The zero-order chi connectivity index (χ0) is 13.0. The van der Waals surface area contributed by atoms with Crippen LogP contribution in [0.3, 0.4) is 0 Å². The number of nitrogens with zero attached hydrogens (tertiary/aromatic N) is 3. The topological polar surface area (TPSA) is 105 Å². The molecule has 1 saturated carbocycles. The van der Waals surface area contributed by atoms with Gasteiger partial charge in [-0.2, -0.15) is 0 Å². The third kappa shape index (κ3) is 2.61. The van der Waals surface area contributed by atoms with E-state index in [-0.39, 0.29) is 36.6 Å². The van der Waals surface area contributed by atoms with Gasteiger partial charge in [-0.05, 0) is 23.2 Å². The lowest BCUT2D eigenvalue weighted by Gasteiger charge is -2.33. The Balaban J connectivity index is 2.13. The zero-order valence-electron chi connectivity index (χ0n) is 10.2. The number of hydrogen-bond acceptors (Lipinski definition) is 6. The quantitative estimate of drug-likeness (QED) is 0.806. The Kier molecular flexibility index (Phi) is 4.14. The highest BCUT2D eigenvalue weighted by molar-refractivity contribution is 5.96. The number of aliphatic hydroxyl groups excluding tert-OH is 1. The number of anilines is 1. The minimum absolute atomic E-state index is 0.00116. The summed E-state index contributed by atoms with van der Waals surface area (Å²) in [5, 5.41) is 16.0. The molecule has 1 aliphatic carbocycles. The molecule has 2 rings (SSSR count). The van der Waals surface area contributed by atoms with Crippen molar-refractivity contribution in [3.63, 3.8) is 0 Å². The van der Waals surface area contributed by atoms with E-state index in [1.54, 1.807) is 4.90 Å². The molecule has 0 aromatic carbocycles. The largest absolute Gasteiger partial charge is 0.395 e. The number of aliphatic hydroxyl groups is 1. The van der Waals surface area contributed by atoms with Crippen LogP contribution in [-0.2, 0) is 0 Å². The highest BCUT2D eigenvalue weighted by Gasteiger charge is 2.29. The van der Waals surface area contributed by atoms with Gasteiger partial charge in [0.15, 0.2) is 0 Å². The van der Waals surface area contributed by atoms with Gasteiger partial charge in [0.25, 0.3) is 5.91 Å². The Morgan fingerprint density at radius 1 is 1.39 bits per heavy atom. The van der Waals surface area contributed by atoms with Crippen molar-refractivity contribution < 1.29 is 14.5 Å². The van der Waals surface area contributed by atoms with Crippen molar-refractivity contribution in [3.8, 4) is 0 Å². The number of carbonyl (C=O) groups is 1. The number of hydrogen-bond donors (Lipinski definition) is 2. The smallest absolute Gasteiger partial charge is 0.280 e. The second-order valence-corrected chi connectivity index (χ2v) is 4.51. The lowest BCUT2D eigenvalue weighted by atomic mass is 9.94. The zero-order valence-corrected chi connectivity index (χ0v) is 10.2. The predicted octanol–water partition coefficient (Wildman–Crippen LogP) is 0.419. The predicted molar refractivity (Wildman–Crippen MR) is 63.7 cm³/mol. The molecule has 100 valence electrons. The van der Waals surface area contributed by atoms with Gasteiger partial charge in [-0.1, -0.05) is 19.3 Å². The van der Waals surface area contributed by atoms with Crippen LogP contribution in [0.4, 0.5) is 5.82 Å². The van der Waals surface area contributed by atoms with E-state index in [0.29, 0.717) is 0 Å². The average Bonchev–Trinajstić information content (AvgIpc) is 2.82. The van der Waals surface area contributed by atoms with Crippen molar-refractivity contribution in [2.45, 2.75) is 38.1 Å². The van der Waals surface area contributed by atoms with Gasteiger partial charge in [0.05, 0.1) is 6.61 Å². The van der Waals surface area contributed by atoms with Gasteiger partial charge in [-0.25, -0.2) is 4.63 Å². The second-order valence-electron chi connectivity index (χ2n) is 4.51. The molecule has 0 atom stereocenters. The van der Waals surface area contributed by atoms with Crippen LogP contribution in [0.25, 0.3) is 0 Å². The van der Waals surface area contributed by atoms with Gasteiger partial charge in [0, 0.05) is 12.6 Å². The second kappa shape index (κ2) is 5.81. The molecule has 0 unspecified atom stereocenters. The minimum atomic E-state index is -0.310. The molecule has 0 saturated heterocycles. The van der Waals surface area contributed by atoms with E-state index < -0.39 is 0 Å². The highest BCUT2D eigenvalue weighted by Crippen LogP contribution is 2.24. The minimum Gasteiger partial charge on any atom is -0.395 e. The van der Waals surface area contributed by atoms with Crippen LogP contribution in [0, 0.1) is 0 Å². The SMILES string of the molecule is Nc1nonc1C(=O)N(CCO)C1CCCCC1. The average molecular weight is 254 g/mol. The number of nitrogen functional groups attached to an aromatic ring is 1. The van der Waals surface area contributed by atoms with Crippen molar-refractivity contribution in [2.75, 3.05) is 18.9 Å². The number of nitrogens with two attached hydrogens (primary N) is 1. The Morgan fingerprint density at radius 2 is 2.11 bits per heavy atom. The standard InChI is InChI=1S/C11H18N4O3/c12-10-9(13-18-14-10)11(17)15(6-7-16)8-4-2-1-3-5-8/h8,16H,1-7H2,(H2,12,14). The summed E-state index contributed by atoms with van der Waals surface area (Å²) in [6.07, 6.45) is 5.32. The van der Waals surface area contributed by atoms with Gasteiger partial charge in [-0.15, -0.1) is 0 Å². The van der Waals surface area contributed by atoms with E-state index >= 15 is 0 Å². The van der Waals surface area contributed by atoms with Gasteiger partial charge in [0.2, 0.25) is 11.5 Å². The van der Waals surface area contributed by atoms with Crippen molar-refractivity contribution in [3.05, 3.63) is 5.69 Å². The molecule has 1 amide bonds. The van der Waals surface area contributed by atoms with Crippen LogP contribution in [0.2, 0.25) is 0 Å². The third-order valence-corrected chi connectivity index (χ3v) is 3.33. The number of rotatable bonds is 4. The first-order chi connectivity index (χ1) is 8.74. The summed E-state index contributed by atoms with van der Waals surface area (Å²) >= 11 is 0. The summed E-state index contributed by atoms with van der Waals surface area (Å²) in [7, 11) is 0. The molecular formula is C11H18N4O3. The van der Waals surface area contributed by atoms with Gasteiger partial charge in [-0.3, -0.25) is 4.79 Å². The molecule has 1 heterocycles. The van der Waals surface area contributed by atoms with Crippen molar-refractivity contribution in [1.29, 1.82) is 0 Å². The Morgan fingerprint density at radius 3 is 2.67 bits per heavy atom. The molecule has 3 N–H and O–H groups in total. The van der Waals surface area contributed by atoms with Crippen LogP contribution in [-0.4, -0.2) is 45.4 Å². The van der Waals surface area contributed by atoms with Crippen molar-refractivity contribution >= 4 is 11.7 Å². The first-order valence-electron chi connectivity index (χ1n) is 6.24. The third-order valence-electron chi connectivity index (χ3n) is 3.33. The number of amides is 1. The molecule has 7 heteroatoms. The van der Waals surface area contributed by atoms with E-state index in [0.717, 1.165) is 25.7 Å². The van der Waals surface area contributed by atoms with Gasteiger partial charge in [0.1, 0.15) is 0 Å². The summed E-state index contributed by atoms with van der Waals surface area (Å²) in [6, 6.07) is 0.148. The fourth-order valence-corrected chi connectivity index (χ4v) is 2.43. The molecule has 1 fully saturated rings. The highest BCUT2D eigenvalue weighted by atomic mass is 16.6.